The molecule has 0 unspecified atom stereocenters. The molecule has 7 heteroatoms. The zero-order valence-corrected chi connectivity index (χ0v) is 14.5. The van der Waals surface area contributed by atoms with Crippen molar-refractivity contribution in [2.24, 2.45) is 7.05 Å². The van der Waals surface area contributed by atoms with E-state index in [9.17, 15) is 14.4 Å². The average Bonchev–Trinajstić information content (AvgIpc) is 3.00. The Morgan fingerprint density at radius 2 is 1.72 bits per heavy atom. The van der Waals surface area contributed by atoms with Crippen molar-refractivity contribution in [3.63, 3.8) is 0 Å². The van der Waals surface area contributed by atoms with Crippen LogP contribution in [0, 0.1) is 13.8 Å². The highest BCUT2D eigenvalue weighted by atomic mass is 16.5. The Labute approximate surface area is 146 Å². The monoisotopic (exact) mass is 343 g/mol. The number of carbonyl (C=O) groups excluding carboxylic acids is 3. The lowest BCUT2D eigenvalue weighted by Gasteiger charge is -2.12. The van der Waals surface area contributed by atoms with E-state index in [2.05, 4.69) is 10.6 Å². The van der Waals surface area contributed by atoms with Crippen LogP contribution in [0.5, 0.6) is 0 Å². The molecule has 2 aromatic rings. The molecule has 0 aliphatic rings. The first-order chi connectivity index (χ1) is 11.9. The minimum Gasteiger partial charge on any atom is -0.451 e. The average molecular weight is 343 g/mol. The Bertz CT molecular complexity index is 775. The normalized spacial score (nSPS) is 10.2. The molecule has 0 aliphatic heterocycles. The molecule has 2 rings (SSSR count). The molecule has 0 saturated heterocycles. The van der Waals surface area contributed by atoms with Crippen LogP contribution >= 0.6 is 0 Å². The van der Waals surface area contributed by atoms with Crippen molar-refractivity contribution < 1.29 is 19.1 Å². The standard InChI is InChI=1S/C18H21N3O4/c1-12-6-4-7-13(2)17(12)20-15(22)10-19-16(23)11-25-18(24)14-8-5-9-21(14)3/h4-9H,10-11H2,1-3H3,(H,19,23)(H,20,22). The third-order valence-electron chi connectivity index (χ3n) is 3.68. The third kappa shape index (κ3) is 4.94. The summed E-state index contributed by atoms with van der Waals surface area (Å²) in [6.07, 6.45) is 1.70. The molecule has 0 atom stereocenters. The number of ether oxygens (including phenoxy) is 1. The van der Waals surface area contributed by atoms with E-state index in [1.165, 1.54) is 0 Å². The number of amides is 2. The SMILES string of the molecule is Cc1cccc(C)c1NC(=O)CNC(=O)COC(=O)c1cccn1C. The van der Waals surface area contributed by atoms with Gasteiger partial charge in [-0.05, 0) is 37.1 Å². The summed E-state index contributed by atoms with van der Waals surface area (Å²) in [6, 6.07) is 8.99. The number of nitrogens with zero attached hydrogens (tertiary/aromatic N) is 1. The van der Waals surface area contributed by atoms with Gasteiger partial charge in [-0.15, -0.1) is 0 Å². The van der Waals surface area contributed by atoms with E-state index in [1.54, 1.807) is 29.9 Å². The fraction of sp³-hybridized carbons (Fsp3) is 0.278. The number of aryl methyl sites for hydroxylation is 3. The van der Waals surface area contributed by atoms with Gasteiger partial charge in [0.05, 0.1) is 6.54 Å². The van der Waals surface area contributed by atoms with Gasteiger partial charge in [0.1, 0.15) is 5.69 Å². The van der Waals surface area contributed by atoms with Gasteiger partial charge in [0, 0.05) is 18.9 Å². The smallest absolute Gasteiger partial charge is 0.355 e. The van der Waals surface area contributed by atoms with Gasteiger partial charge in [-0.25, -0.2) is 4.79 Å². The number of benzene rings is 1. The second kappa shape index (κ2) is 8.14. The molecule has 2 N–H and O–H groups in total. The molecular weight excluding hydrogens is 322 g/mol. The van der Waals surface area contributed by atoms with Crippen molar-refractivity contribution in [3.05, 3.63) is 53.3 Å². The second-order valence-electron chi connectivity index (χ2n) is 5.67. The van der Waals surface area contributed by atoms with Gasteiger partial charge < -0.3 is 19.9 Å². The maximum Gasteiger partial charge on any atom is 0.355 e. The molecule has 2 amide bonds. The summed E-state index contributed by atoms with van der Waals surface area (Å²) >= 11 is 0. The molecule has 1 aromatic heterocycles. The van der Waals surface area contributed by atoms with E-state index in [0.717, 1.165) is 16.8 Å². The molecule has 7 nitrogen and oxygen atoms in total. The van der Waals surface area contributed by atoms with Crippen LogP contribution in [0.2, 0.25) is 0 Å². The lowest BCUT2D eigenvalue weighted by Crippen LogP contribution is -2.35. The summed E-state index contributed by atoms with van der Waals surface area (Å²) < 4.78 is 6.51. The van der Waals surface area contributed by atoms with Crippen LogP contribution in [0.4, 0.5) is 5.69 Å². The Kier molecular flexibility index (Phi) is 5.94. The number of rotatable bonds is 6. The molecule has 1 heterocycles. The van der Waals surface area contributed by atoms with Crippen LogP contribution in [-0.4, -0.2) is 35.5 Å². The number of para-hydroxylation sites is 1. The van der Waals surface area contributed by atoms with Crippen LogP contribution in [0.15, 0.2) is 36.5 Å². The fourth-order valence-corrected chi connectivity index (χ4v) is 2.30. The summed E-state index contributed by atoms with van der Waals surface area (Å²) in [6.45, 7) is 3.14. The molecular formula is C18H21N3O4. The highest BCUT2D eigenvalue weighted by Gasteiger charge is 2.13. The summed E-state index contributed by atoms with van der Waals surface area (Å²) in [7, 11) is 1.70. The van der Waals surface area contributed by atoms with Crippen molar-refractivity contribution >= 4 is 23.5 Å². The van der Waals surface area contributed by atoms with Gasteiger partial charge in [-0.2, -0.15) is 0 Å². The first-order valence-electron chi connectivity index (χ1n) is 7.79. The molecule has 0 fully saturated rings. The van der Waals surface area contributed by atoms with Crippen LogP contribution in [-0.2, 0) is 21.4 Å². The van der Waals surface area contributed by atoms with Gasteiger partial charge in [0.2, 0.25) is 5.91 Å². The zero-order chi connectivity index (χ0) is 18.4. The number of carbonyl (C=O) groups is 3. The Balaban J connectivity index is 1.77. The number of anilines is 1. The minimum absolute atomic E-state index is 0.200. The number of hydrogen-bond acceptors (Lipinski definition) is 4. The lowest BCUT2D eigenvalue weighted by atomic mass is 10.1. The predicted octanol–water partition coefficient (Wildman–Crippen LogP) is 1.55. The van der Waals surface area contributed by atoms with E-state index in [4.69, 9.17) is 4.74 Å². The van der Waals surface area contributed by atoms with Crippen LogP contribution in [0.1, 0.15) is 21.6 Å². The summed E-state index contributed by atoms with van der Waals surface area (Å²) in [5.41, 5.74) is 2.96. The second-order valence-corrected chi connectivity index (χ2v) is 5.67. The van der Waals surface area contributed by atoms with Crippen molar-refractivity contribution in [1.82, 2.24) is 9.88 Å². The van der Waals surface area contributed by atoms with Crippen molar-refractivity contribution in [3.8, 4) is 0 Å². The highest BCUT2D eigenvalue weighted by Crippen LogP contribution is 2.18. The molecule has 0 radical (unpaired) electrons. The largest absolute Gasteiger partial charge is 0.451 e. The van der Waals surface area contributed by atoms with Crippen LogP contribution in [0.3, 0.4) is 0 Å². The Morgan fingerprint density at radius 1 is 1.04 bits per heavy atom. The molecule has 1 aromatic carbocycles. The number of esters is 1. The highest BCUT2D eigenvalue weighted by molar-refractivity contribution is 5.96. The fourth-order valence-electron chi connectivity index (χ4n) is 2.30. The van der Waals surface area contributed by atoms with Crippen molar-refractivity contribution in [2.45, 2.75) is 13.8 Å². The summed E-state index contributed by atoms with van der Waals surface area (Å²) in [5.74, 6) is -1.48. The molecule has 0 bridgehead atoms. The lowest BCUT2D eigenvalue weighted by molar-refractivity contribution is -0.126. The molecule has 0 spiro atoms. The topological polar surface area (TPSA) is 89.4 Å². The Hall–Kier alpha value is -3.09. The van der Waals surface area contributed by atoms with Gasteiger partial charge in [-0.3, -0.25) is 9.59 Å². The first-order valence-corrected chi connectivity index (χ1v) is 7.79. The van der Waals surface area contributed by atoms with Crippen LogP contribution in [0.25, 0.3) is 0 Å². The maximum absolute atomic E-state index is 12.0. The van der Waals surface area contributed by atoms with Crippen molar-refractivity contribution in [1.29, 1.82) is 0 Å². The molecule has 0 aliphatic carbocycles. The van der Waals surface area contributed by atoms with Crippen LogP contribution < -0.4 is 10.6 Å². The summed E-state index contributed by atoms with van der Waals surface area (Å²) in [5, 5.41) is 5.19. The number of nitrogens with one attached hydrogen (secondary N) is 2. The van der Waals surface area contributed by atoms with E-state index in [-0.39, 0.29) is 12.5 Å². The van der Waals surface area contributed by atoms with Gasteiger partial charge in [0.15, 0.2) is 6.61 Å². The number of hydrogen-bond donors (Lipinski definition) is 2. The third-order valence-corrected chi connectivity index (χ3v) is 3.68. The minimum atomic E-state index is -0.595. The van der Waals surface area contributed by atoms with E-state index >= 15 is 0 Å². The van der Waals surface area contributed by atoms with E-state index in [1.807, 2.05) is 32.0 Å². The van der Waals surface area contributed by atoms with E-state index in [0.29, 0.717) is 5.69 Å². The molecule has 25 heavy (non-hydrogen) atoms. The predicted molar refractivity (Wildman–Crippen MR) is 93.3 cm³/mol. The zero-order valence-electron chi connectivity index (χ0n) is 14.5. The maximum atomic E-state index is 12.0. The molecule has 132 valence electrons. The van der Waals surface area contributed by atoms with Gasteiger partial charge in [-0.1, -0.05) is 18.2 Å². The number of aromatic nitrogens is 1. The van der Waals surface area contributed by atoms with Crippen molar-refractivity contribution in [2.75, 3.05) is 18.5 Å². The van der Waals surface area contributed by atoms with E-state index < -0.39 is 18.5 Å². The first kappa shape index (κ1) is 18.3. The van der Waals surface area contributed by atoms with Gasteiger partial charge in [0.25, 0.3) is 5.91 Å². The summed E-state index contributed by atoms with van der Waals surface area (Å²) in [4.78, 5) is 35.5. The molecule has 0 saturated carbocycles. The Morgan fingerprint density at radius 3 is 2.32 bits per heavy atom. The quantitative estimate of drug-likeness (QED) is 0.779. The van der Waals surface area contributed by atoms with Gasteiger partial charge >= 0.3 is 5.97 Å².